The maximum atomic E-state index is 12.4. The van der Waals surface area contributed by atoms with Crippen LogP contribution in [0.2, 0.25) is 0 Å². The Morgan fingerprint density at radius 2 is 2.13 bits per heavy atom. The predicted molar refractivity (Wildman–Crippen MR) is 43.7 cm³/mol. The van der Waals surface area contributed by atoms with E-state index in [1.165, 1.54) is 0 Å². The summed E-state index contributed by atoms with van der Waals surface area (Å²) in [6.07, 6.45) is -4.62. The van der Waals surface area contributed by atoms with Crippen molar-refractivity contribution in [3.63, 3.8) is 0 Å². The Bertz CT molecular complexity index is 464. The number of hydrogen-bond acceptors (Lipinski definition) is 3. The van der Waals surface area contributed by atoms with Gasteiger partial charge in [0.2, 0.25) is 0 Å². The molecule has 1 aliphatic rings. The molecule has 0 aliphatic carbocycles. The zero-order valence-electron chi connectivity index (χ0n) is 7.76. The maximum Gasteiger partial charge on any atom is 0.434 e. The van der Waals surface area contributed by atoms with E-state index in [2.05, 4.69) is 4.98 Å². The van der Waals surface area contributed by atoms with Crippen LogP contribution in [0.3, 0.4) is 0 Å². The third-order valence-electron chi connectivity index (χ3n) is 2.17. The quantitative estimate of drug-likeness (QED) is 0.654. The molecule has 82 valence electrons. The highest BCUT2D eigenvalue weighted by Crippen LogP contribution is 2.30. The smallest absolute Gasteiger partial charge is 0.434 e. The molecule has 0 bridgehead atoms. The van der Waals surface area contributed by atoms with Gasteiger partial charge in [-0.05, 0) is 6.92 Å². The molecule has 15 heavy (non-hydrogen) atoms. The van der Waals surface area contributed by atoms with E-state index in [-0.39, 0.29) is 19.2 Å². The molecular formula is C8H7F3N2O2. The van der Waals surface area contributed by atoms with Crippen LogP contribution in [-0.2, 0) is 12.7 Å². The molecule has 0 saturated carbocycles. The summed E-state index contributed by atoms with van der Waals surface area (Å²) in [5.74, 6) is 0. The summed E-state index contributed by atoms with van der Waals surface area (Å²) >= 11 is 0. The fourth-order valence-electron chi connectivity index (χ4n) is 1.44. The fraction of sp³-hybridized carbons (Fsp3) is 0.500. The number of ether oxygens (including phenoxy) is 1. The van der Waals surface area contributed by atoms with Gasteiger partial charge in [0, 0.05) is 5.56 Å². The topological polar surface area (TPSA) is 44.1 Å². The first-order valence-electron chi connectivity index (χ1n) is 4.22. The molecule has 0 saturated heterocycles. The van der Waals surface area contributed by atoms with Gasteiger partial charge in [-0.3, -0.25) is 9.36 Å². The molecule has 1 aromatic heterocycles. The van der Waals surface area contributed by atoms with E-state index in [0.29, 0.717) is 0 Å². The van der Waals surface area contributed by atoms with Crippen molar-refractivity contribution in [2.75, 3.05) is 6.61 Å². The van der Waals surface area contributed by atoms with E-state index < -0.39 is 23.0 Å². The second kappa shape index (κ2) is 2.98. The van der Waals surface area contributed by atoms with Crippen LogP contribution >= 0.6 is 0 Å². The molecule has 1 aliphatic heterocycles. The molecule has 0 amide bonds. The minimum atomic E-state index is -4.62. The van der Waals surface area contributed by atoms with Crippen LogP contribution < -0.4 is 10.3 Å². The number of hydrogen-bond donors (Lipinski definition) is 0. The molecule has 0 fully saturated rings. The first kappa shape index (κ1) is 10.0. The first-order chi connectivity index (χ1) is 6.91. The highest BCUT2D eigenvalue weighted by molar-refractivity contribution is 5.22. The Morgan fingerprint density at radius 3 is 2.73 bits per heavy atom. The minimum absolute atomic E-state index is 0.184. The maximum absolute atomic E-state index is 12.4. The van der Waals surface area contributed by atoms with Gasteiger partial charge in [0.25, 0.3) is 11.6 Å². The van der Waals surface area contributed by atoms with Crippen LogP contribution in [0.4, 0.5) is 13.2 Å². The van der Waals surface area contributed by atoms with Crippen molar-refractivity contribution in [2.24, 2.45) is 0 Å². The molecule has 0 atom stereocenters. The van der Waals surface area contributed by atoms with E-state index >= 15 is 0 Å². The van der Waals surface area contributed by atoms with Crippen LogP contribution in [0.15, 0.2) is 4.79 Å². The van der Waals surface area contributed by atoms with E-state index in [4.69, 9.17) is 4.74 Å². The Labute approximate surface area is 82.3 Å². The van der Waals surface area contributed by atoms with Crippen molar-refractivity contribution in [2.45, 2.75) is 19.6 Å². The van der Waals surface area contributed by atoms with Crippen LogP contribution in [0.5, 0.6) is 6.01 Å². The predicted octanol–water partition coefficient (Wildman–Crippen LogP) is 0.963. The third kappa shape index (κ3) is 1.47. The molecule has 0 N–H and O–H groups in total. The molecule has 4 nitrogen and oxygen atoms in total. The summed E-state index contributed by atoms with van der Waals surface area (Å²) in [4.78, 5) is 14.8. The zero-order valence-corrected chi connectivity index (χ0v) is 7.76. The standard InChI is InChI=1S/C8H7F3N2O2/c1-4-5(8(9,10)11)12-7-13(6(4)14)2-3-15-7/h2-3H2,1H3. The van der Waals surface area contributed by atoms with Crippen LogP contribution in [-0.4, -0.2) is 16.2 Å². The van der Waals surface area contributed by atoms with Crippen molar-refractivity contribution in [1.29, 1.82) is 0 Å². The summed E-state index contributed by atoms with van der Waals surface area (Å²) in [5, 5.41) is 0. The summed E-state index contributed by atoms with van der Waals surface area (Å²) in [5.41, 5.74) is -2.25. The lowest BCUT2D eigenvalue weighted by atomic mass is 10.2. The van der Waals surface area contributed by atoms with Gasteiger partial charge in [0.1, 0.15) is 6.61 Å². The van der Waals surface area contributed by atoms with Gasteiger partial charge in [-0.2, -0.15) is 18.2 Å². The van der Waals surface area contributed by atoms with Gasteiger partial charge in [-0.1, -0.05) is 0 Å². The lowest BCUT2D eigenvalue weighted by Gasteiger charge is -2.10. The number of aromatic nitrogens is 2. The van der Waals surface area contributed by atoms with Crippen molar-refractivity contribution in [1.82, 2.24) is 9.55 Å². The lowest BCUT2D eigenvalue weighted by molar-refractivity contribution is -0.142. The largest absolute Gasteiger partial charge is 0.463 e. The number of rotatable bonds is 0. The second-order valence-corrected chi connectivity index (χ2v) is 3.17. The lowest BCUT2D eigenvalue weighted by Crippen LogP contribution is -2.26. The van der Waals surface area contributed by atoms with Crippen molar-refractivity contribution >= 4 is 0 Å². The van der Waals surface area contributed by atoms with Gasteiger partial charge >= 0.3 is 6.18 Å². The van der Waals surface area contributed by atoms with E-state index in [0.717, 1.165) is 11.5 Å². The summed E-state index contributed by atoms with van der Waals surface area (Å²) in [7, 11) is 0. The highest BCUT2D eigenvalue weighted by Gasteiger charge is 2.37. The van der Waals surface area contributed by atoms with Crippen molar-refractivity contribution < 1.29 is 17.9 Å². The average Bonchev–Trinajstić information content (AvgIpc) is 2.57. The van der Waals surface area contributed by atoms with E-state index in [9.17, 15) is 18.0 Å². The number of halogens is 3. The first-order valence-corrected chi connectivity index (χ1v) is 4.22. The number of fused-ring (bicyclic) bond motifs is 1. The fourth-order valence-corrected chi connectivity index (χ4v) is 1.44. The highest BCUT2D eigenvalue weighted by atomic mass is 19.4. The molecular weight excluding hydrogens is 213 g/mol. The Morgan fingerprint density at radius 1 is 1.47 bits per heavy atom. The number of alkyl halides is 3. The Balaban J connectivity index is 2.70. The van der Waals surface area contributed by atoms with Gasteiger partial charge < -0.3 is 4.74 Å². The van der Waals surface area contributed by atoms with Crippen LogP contribution in [0.1, 0.15) is 11.3 Å². The average molecular weight is 220 g/mol. The zero-order chi connectivity index (χ0) is 11.2. The van der Waals surface area contributed by atoms with E-state index in [1.807, 2.05) is 0 Å². The minimum Gasteiger partial charge on any atom is -0.463 e. The van der Waals surface area contributed by atoms with Crippen LogP contribution in [0, 0.1) is 6.92 Å². The summed E-state index contributed by atoms with van der Waals surface area (Å²) in [6, 6.07) is -0.252. The van der Waals surface area contributed by atoms with Crippen molar-refractivity contribution in [3.05, 3.63) is 21.6 Å². The molecule has 0 unspecified atom stereocenters. The van der Waals surface area contributed by atoms with Gasteiger partial charge in [0.15, 0.2) is 5.69 Å². The van der Waals surface area contributed by atoms with Gasteiger partial charge in [-0.15, -0.1) is 0 Å². The monoisotopic (exact) mass is 220 g/mol. The normalized spacial score (nSPS) is 14.9. The Kier molecular flexibility index (Phi) is 1.99. The third-order valence-corrected chi connectivity index (χ3v) is 2.17. The number of nitrogens with zero attached hydrogens (tertiary/aromatic N) is 2. The second-order valence-electron chi connectivity index (χ2n) is 3.17. The molecule has 0 spiro atoms. The molecule has 7 heteroatoms. The molecule has 2 rings (SSSR count). The molecule has 0 radical (unpaired) electrons. The molecule has 1 aromatic rings. The van der Waals surface area contributed by atoms with Crippen molar-refractivity contribution in [3.8, 4) is 6.01 Å². The van der Waals surface area contributed by atoms with Gasteiger partial charge in [-0.25, -0.2) is 0 Å². The molecule has 0 aromatic carbocycles. The van der Waals surface area contributed by atoms with Gasteiger partial charge in [0.05, 0.1) is 6.54 Å². The Hall–Kier alpha value is -1.53. The van der Waals surface area contributed by atoms with Crippen LogP contribution in [0.25, 0.3) is 0 Å². The van der Waals surface area contributed by atoms with E-state index in [1.54, 1.807) is 0 Å². The summed E-state index contributed by atoms with van der Waals surface area (Å²) in [6.45, 7) is 1.55. The summed E-state index contributed by atoms with van der Waals surface area (Å²) < 4.78 is 43.2. The molecule has 2 heterocycles. The SMILES string of the molecule is Cc1c(C(F)(F)F)nc2n(c1=O)CCO2.